The molecule has 0 aromatic carbocycles. The second-order valence-corrected chi connectivity index (χ2v) is 6.35. The van der Waals surface area contributed by atoms with Gasteiger partial charge in [0.15, 0.2) is 5.78 Å². The third-order valence-corrected chi connectivity index (χ3v) is 4.65. The van der Waals surface area contributed by atoms with Gasteiger partial charge in [-0.05, 0) is 25.3 Å². The van der Waals surface area contributed by atoms with E-state index in [1.54, 1.807) is 17.5 Å². The molecule has 1 aromatic heterocycles. The minimum Gasteiger partial charge on any atom is -0.310 e. The molecule has 2 unspecified atom stereocenters. The molecule has 3 nitrogen and oxygen atoms in total. The Hall–Kier alpha value is -0.740. The van der Waals surface area contributed by atoms with E-state index in [0.29, 0.717) is 5.78 Å². The summed E-state index contributed by atoms with van der Waals surface area (Å²) in [4.78, 5) is 16.9. The van der Waals surface area contributed by atoms with Crippen LogP contribution in [0.1, 0.15) is 44.0 Å². The van der Waals surface area contributed by atoms with Crippen LogP contribution in [0, 0.1) is 5.41 Å². The fourth-order valence-corrected chi connectivity index (χ4v) is 3.60. The summed E-state index contributed by atoms with van der Waals surface area (Å²) in [5.74, 6) is 0.305. The highest BCUT2D eigenvalue weighted by molar-refractivity contribution is 7.09. The van der Waals surface area contributed by atoms with Gasteiger partial charge in [-0.3, -0.25) is 4.79 Å². The van der Waals surface area contributed by atoms with Crippen LogP contribution >= 0.6 is 11.3 Å². The number of nitrogens with zero attached hydrogens (tertiary/aromatic N) is 1. The van der Waals surface area contributed by atoms with Crippen LogP contribution in [0.2, 0.25) is 0 Å². The van der Waals surface area contributed by atoms with Crippen molar-refractivity contribution in [2.75, 3.05) is 7.05 Å². The number of nitrogens with one attached hydrogen (secondary N) is 1. The molecule has 0 aliphatic heterocycles. The van der Waals surface area contributed by atoms with Gasteiger partial charge in [-0.15, -0.1) is 11.3 Å². The molecule has 0 saturated heterocycles. The number of thiazole rings is 1. The Morgan fingerprint density at radius 2 is 2.29 bits per heavy atom. The van der Waals surface area contributed by atoms with Crippen molar-refractivity contribution >= 4 is 17.1 Å². The molecule has 0 bridgehead atoms. The Morgan fingerprint density at radius 3 is 2.88 bits per heavy atom. The SMILES string of the molecule is CNC1C(=O)C(c2nccs2)CCCC1(C)C. The van der Waals surface area contributed by atoms with Crippen molar-refractivity contribution in [2.24, 2.45) is 5.41 Å². The van der Waals surface area contributed by atoms with Crippen LogP contribution in [0.25, 0.3) is 0 Å². The number of ketones is 1. The number of hydrogen-bond donors (Lipinski definition) is 1. The van der Waals surface area contributed by atoms with E-state index in [1.165, 1.54) is 0 Å². The lowest BCUT2D eigenvalue weighted by molar-refractivity contribution is -0.124. The van der Waals surface area contributed by atoms with Crippen LogP contribution in [0.3, 0.4) is 0 Å². The van der Waals surface area contributed by atoms with E-state index < -0.39 is 0 Å². The number of rotatable bonds is 2. The third-order valence-electron chi connectivity index (χ3n) is 3.76. The molecule has 1 saturated carbocycles. The van der Waals surface area contributed by atoms with Crippen LogP contribution < -0.4 is 5.32 Å². The van der Waals surface area contributed by atoms with Gasteiger partial charge in [-0.2, -0.15) is 0 Å². The molecule has 17 heavy (non-hydrogen) atoms. The Labute approximate surface area is 107 Å². The van der Waals surface area contributed by atoms with E-state index in [1.807, 2.05) is 12.4 Å². The topological polar surface area (TPSA) is 42.0 Å². The van der Waals surface area contributed by atoms with E-state index >= 15 is 0 Å². The largest absolute Gasteiger partial charge is 0.310 e. The maximum absolute atomic E-state index is 12.6. The number of carbonyl (C=O) groups excluding carboxylic acids is 1. The molecular weight excluding hydrogens is 232 g/mol. The number of carbonyl (C=O) groups is 1. The molecule has 1 N–H and O–H groups in total. The van der Waals surface area contributed by atoms with Crippen molar-refractivity contribution in [3.8, 4) is 0 Å². The second-order valence-electron chi connectivity index (χ2n) is 5.43. The van der Waals surface area contributed by atoms with E-state index in [0.717, 1.165) is 24.3 Å². The van der Waals surface area contributed by atoms with Gasteiger partial charge in [0, 0.05) is 11.6 Å². The van der Waals surface area contributed by atoms with Gasteiger partial charge in [0.1, 0.15) is 5.01 Å². The zero-order valence-electron chi connectivity index (χ0n) is 10.7. The van der Waals surface area contributed by atoms with E-state index in [4.69, 9.17) is 0 Å². The average Bonchev–Trinajstić information content (AvgIpc) is 2.74. The minimum atomic E-state index is -0.0566. The molecule has 2 rings (SSSR count). The van der Waals surface area contributed by atoms with Crippen LogP contribution in [-0.4, -0.2) is 23.9 Å². The predicted molar refractivity (Wildman–Crippen MR) is 70.3 cm³/mol. The molecule has 0 radical (unpaired) electrons. The Morgan fingerprint density at radius 1 is 1.53 bits per heavy atom. The molecule has 1 heterocycles. The van der Waals surface area contributed by atoms with Gasteiger partial charge in [0.25, 0.3) is 0 Å². The van der Waals surface area contributed by atoms with Gasteiger partial charge in [0.05, 0.1) is 12.0 Å². The molecular formula is C13H20N2OS. The van der Waals surface area contributed by atoms with Gasteiger partial charge in [-0.25, -0.2) is 4.98 Å². The number of hydrogen-bond acceptors (Lipinski definition) is 4. The smallest absolute Gasteiger partial charge is 0.160 e. The maximum Gasteiger partial charge on any atom is 0.160 e. The van der Waals surface area contributed by atoms with Crippen molar-refractivity contribution in [1.29, 1.82) is 0 Å². The lowest BCUT2D eigenvalue weighted by atomic mass is 9.79. The molecule has 94 valence electrons. The number of Topliss-reactive ketones (excluding diaryl/α,β-unsaturated/α-hetero) is 1. The molecule has 1 aromatic rings. The molecule has 0 amide bonds. The quantitative estimate of drug-likeness (QED) is 0.823. The molecule has 2 atom stereocenters. The lowest BCUT2D eigenvalue weighted by Crippen LogP contribution is -2.46. The highest BCUT2D eigenvalue weighted by atomic mass is 32.1. The van der Waals surface area contributed by atoms with Crippen LogP contribution in [0.4, 0.5) is 0 Å². The highest BCUT2D eigenvalue weighted by Gasteiger charge is 2.40. The van der Waals surface area contributed by atoms with Crippen molar-refractivity contribution < 1.29 is 4.79 Å². The molecule has 1 fully saturated rings. The minimum absolute atomic E-state index is 0.00535. The Bertz CT molecular complexity index is 386. The summed E-state index contributed by atoms with van der Waals surface area (Å²) in [6.07, 6.45) is 4.92. The first-order valence-corrected chi connectivity index (χ1v) is 7.04. The molecule has 4 heteroatoms. The second kappa shape index (κ2) is 4.86. The summed E-state index contributed by atoms with van der Waals surface area (Å²) in [5.41, 5.74) is 0.0395. The summed E-state index contributed by atoms with van der Waals surface area (Å²) in [6, 6.07) is -0.0566. The summed E-state index contributed by atoms with van der Waals surface area (Å²) in [6.45, 7) is 4.35. The van der Waals surface area contributed by atoms with Gasteiger partial charge in [0.2, 0.25) is 0 Å². The monoisotopic (exact) mass is 252 g/mol. The van der Waals surface area contributed by atoms with E-state index in [2.05, 4.69) is 24.1 Å². The molecule has 1 aliphatic carbocycles. The highest BCUT2D eigenvalue weighted by Crippen LogP contribution is 2.38. The maximum atomic E-state index is 12.6. The normalized spacial score (nSPS) is 29.0. The van der Waals surface area contributed by atoms with Crippen molar-refractivity contribution in [2.45, 2.75) is 45.1 Å². The van der Waals surface area contributed by atoms with Gasteiger partial charge >= 0.3 is 0 Å². The van der Waals surface area contributed by atoms with Crippen LogP contribution in [0.5, 0.6) is 0 Å². The zero-order valence-corrected chi connectivity index (χ0v) is 11.5. The van der Waals surface area contributed by atoms with Crippen molar-refractivity contribution in [3.05, 3.63) is 16.6 Å². The summed E-state index contributed by atoms with van der Waals surface area (Å²) >= 11 is 1.60. The first kappa shape index (κ1) is 12.7. The Balaban J connectivity index is 2.29. The summed E-state index contributed by atoms with van der Waals surface area (Å²) < 4.78 is 0. The standard InChI is InChI=1S/C13H20N2OS/c1-13(2)6-4-5-9(10(16)11(13)14-3)12-15-7-8-17-12/h7-9,11,14H,4-6H2,1-3H3. The molecule has 0 spiro atoms. The van der Waals surface area contributed by atoms with Gasteiger partial charge < -0.3 is 5.32 Å². The number of aromatic nitrogens is 1. The first-order chi connectivity index (χ1) is 8.06. The lowest BCUT2D eigenvalue weighted by Gasteiger charge is -2.31. The van der Waals surface area contributed by atoms with Crippen molar-refractivity contribution in [3.63, 3.8) is 0 Å². The third kappa shape index (κ3) is 2.43. The fourth-order valence-electron chi connectivity index (χ4n) is 2.82. The van der Waals surface area contributed by atoms with Crippen LogP contribution in [0.15, 0.2) is 11.6 Å². The first-order valence-electron chi connectivity index (χ1n) is 6.16. The summed E-state index contributed by atoms with van der Waals surface area (Å²) in [7, 11) is 1.88. The van der Waals surface area contributed by atoms with Gasteiger partial charge in [-0.1, -0.05) is 20.3 Å². The average molecular weight is 252 g/mol. The van der Waals surface area contributed by atoms with Crippen LogP contribution in [-0.2, 0) is 4.79 Å². The van der Waals surface area contributed by atoms with E-state index in [9.17, 15) is 4.79 Å². The van der Waals surface area contributed by atoms with E-state index in [-0.39, 0.29) is 17.4 Å². The van der Waals surface area contributed by atoms with Crippen molar-refractivity contribution in [1.82, 2.24) is 10.3 Å². The molecule has 1 aliphatic rings. The predicted octanol–water partition coefficient (Wildman–Crippen LogP) is 2.59. The Kier molecular flexibility index (Phi) is 3.64. The fraction of sp³-hybridized carbons (Fsp3) is 0.692. The zero-order chi connectivity index (χ0) is 12.5. The number of likely N-dealkylation sites (N-methyl/N-ethyl adjacent to an activating group) is 1. The summed E-state index contributed by atoms with van der Waals surface area (Å²) in [5, 5.41) is 6.13.